The number of ether oxygens (including phenoxy) is 1. The molecule has 5 atom stereocenters. The third-order valence-electron chi connectivity index (χ3n) is 10.4. The highest BCUT2D eigenvalue weighted by atomic mass is 16.5. The minimum absolute atomic E-state index is 0.184. The van der Waals surface area contributed by atoms with Gasteiger partial charge in [-0.1, -0.05) is 72.8 Å². The van der Waals surface area contributed by atoms with Crippen molar-refractivity contribution in [2.75, 3.05) is 13.1 Å². The van der Waals surface area contributed by atoms with Crippen LogP contribution in [0.25, 0.3) is 0 Å². The number of rotatable bonds is 7. The van der Waals surface area contributed by atoms with E-state index in [2.05, 4.69) is 88.7 Å². The molecule has 2 bridgehead atoms. The van der Waals surface area contributed by atoms with Crippen molar-refractivity contribution in [3.05, 3.63) is 101 Å². The molecular formula is C34H38N2O. The maximum Gasteiger partial charge on any atom is 0.124 e. The Hall–Kier alpha value is -2.62. The van der Waals surface area contributed by atoms with E-state index >= 15 is 0 Å². The number of nitrogens with zero attached hydrogens (tertiary/aromatic N) is 2. The van der Waals surface area contributed by atoms with Crippen LogP contribution in [0.4, 0.5) is 0 Å². The summed E-state index contributed by atoms with van der Waals surface area (Å²) in [7, 11) is 0. The molecule has 0 radical (unpaired) electrons. The van der Waals surface area contributed by atoms with Crippen molar-refractivity contribution in [2.24, 2.45) is 11.8 Å². The molecule has 1 saturated heterocycles. The second-order valence-electron chi connectivity index (χ2n) is 12.5. The number of likely N-dealkylation sites (tertiary alicyclic amines) is 1. The monoisotopic (exact) mass is 490 g/mol. The van der Waals surface area contributed by atoms with Crippen LogP contribution in [0.2, 0.25) is 0 Å². The van der Waals surface area contributed by atoms with Crippen molar-refractivity contribution in [2.45, 2.75) is 75.2 Å². The van der Waals surface area contributed by atoms with E-state index in [4.69, 9.17) is 4.74 Å². The summed E-state index contributed by atoms with van der Waals surface area (Å²) in [5.74, 6) is 2.89. The van der Waals surface area contributed by atoms with Crippen LogP contribution in [-0.2, 0) is 24.9 Å². The van der Waals surface area contributed by atoms with Crippen LogP contribution in [0, 0.1) is 11.8 Å². The van der Waals surface area contributed by atoms with Crippen LogP contribution < -0.4 is 4.74 Å². The quantitative estimate of drug-likeness (QED) is 0.392. The zero-order valence-corrected chi connectivity index (χ0v) is 21.8. The Labute approximate surface area is 221 Å². The van der Waals surface area contributed by atoms with Gasteiger partial charge in [0.2, 0.25) is 0 Å². The molecule has 5 aliphatic rings. The van der Waals surface area contributed by atoms with E-state index in [-0.39, 0.29) is 11.5 Å². The molecule has 3 aliphatic carbocycles. The van der Waals surface area contributed by atoms with E-state index in [1.165, 1.54) is 68.5 Å². The van der Waals surface area contributed by atoms with Gasteiger partial charge in [0.05, 0.1) is 0 Å². The zero-order chi connectivity index (χ0) is 24.4. The van der Waals surface area contributed by atoms with Crippen LogP contribution in [0.15, 0.2) is 78.9 Å². The van der Waals surface area contributed by atoms with Crippen LogP contribution in [0.3, 0.4) is 0 Å². The lowest BCUT2D eigenvalue weighted by atomic mass is 9.51. The summed E-state index contributed by atoms with van der Waals surface area (Å²) in [6.45, 7) is 4.52. The van der Waals surface area contributed by atoms with Gasteiger partial charge in [-0.15, -0.1) is 0 Å². The molecule has 3 heteroatoms. The molecule has 3 fully saturated rings. The number of piperidine rings is 1. The fourth-order valence-electron chi connectivity index (χ4n) is 8.73. The Bertz CT molecular complexity index is 1230. The predicted molar refractivity (Wildman–Crippen MR) is 148 cm³/mol. The SMILES string of the molecule is c1ccc(CN(Cc2ccccc2)[C@@H]2CC[C@H]3[C@H]4Cc5cccc6c5[C@@]3(CCN4CC3CC3)[C@H]2O6)cc1. The van der Waals surface area contributed by atoms with Crippen LogP contribution in [0.5, 0.6) is 5.75 Å². The van der Waals surface area contributed by atoms with E-state index in [0.29, 0.717) is 12.1 Å². The third kappa shape index (κ3) is 3.61. The third-order valence-corrected chi connectivity index (χ3v) is 10.4. The molecule has 0 amide bonds. The molecule has 37 heavy (non-hydrogen) atoms. The molecule has 3 aromatic rings. The second-order valence-corrected chi connectivity index (χ2v) is 12.5. The summed E-state index contributed by atoms with van der Waals surface area (Å²) in [6, 6.07) is 30.2. The molecule has 2 heterocycles. The van der Waals surface area contributed by atoms with Gasteiger partial charge in [0.15, 0.2) is 0 Å². The molecule has 0 aromatic heterocycles. The Balaban J connectivity index is 1.18. The first-order chi connectivity index (χ1) is 18.3. The largest absolute Gasteiger partial charge is 0.488 e. The smallest absolute Gasteiger partial charge is 0.124 e. The fraction of sp³-hybridized carbons (Fsp3) is 0.471. The van der Waals surface area contributed by atoms with E-state index < -0.39 is 0 Å². The molecule has 8 rings (SSSR count). The normalized spacial score (nSPS) is 31.7. The number of hydrogen-bond donors (Lipinski definition) is 0. The first-order valence-corrected chi connectivity index (χ1v) is 14.6. The highest BCUT2D eigenvalue weighted by Gasteiger charge is 2.65. The highest BCUT2D eigenvalue weighted by Crippen LogP contribution is 2.63. The standard InChI is InChI=1S/C34H38N2O/c1-3-8-24(9-4-1)22-36(23-25-10-5-2-6-11-25)29-17-16-28-30-20-27-12-7-13-31-32(27)34(28,33(29)37-31)18-19-35(30)21-26-14-15-26/h1-13,26,28-30,33H,14-23H2/t28-,29+,30+,33-,34-/m0/s1. The topological polar surface area (TPSA) is 15.7 Å². The zero-order valence-electron chi connectivity index (χ0n) is 21.8. The van der Waals surface area contributed by atoms with Gasteiger partial charge in [-0.3, -0.25) is 9.80 Å². The van der Waals surface area contributed by atoms with E-state index in [1.807, 2.05) is 0 Å². The van der Waals surface area contributed by atoms with Crippen molar-refractivity contribution in [3.8, 4) is 5.75 Å². The summed E-state index contributed by atoms with van der Waals surface area (Å²) in [4.78, 5) is 5.66. The van der Waals surface area contributed by atoms with Crippen molar-refractivity contribution >= 4 is 0 Å². The number of benzene rings is 3. The minimum atomic E-state index is 0.184. The first-order valence-electron chi connectivity index (χ1n) is 14.6. The van der Waals surface area contributed by atoms with Gasteiger partial charge >= 0.3 is 0 Å². The van der Waals surface area contributed by atoms with Gasteiger partial charge in [-0.05, 0) is 79.7 Å². The van der Waals surface area contributed by atoms with Gasteiger partial charge in [-0.25, -0.2) is 0 Å². The van der Waals surface area contributed by atoms with Crippen molar-refractivity contribution in [3.63, 3.8) is 0 Å². The second kappa shape index (κ2) is 8.71. The molecule has 3 nitrogen and oxygen atoms in total. The van der Waals surface area contributed by atoms with Crippen LogP contribution in [0.1, 0.15) is 54.4 Å². The lowest BCUT2D eigenvalue weighted by Gasteiger charge is -2.60. The van der Waals surface area contributed by atoms with Crippen molar-refractivity contribution in [1.29, 1.82) is 0 Å². The lowest BCUT2D eigenvalue weighted by Crippen LogP contribution is -2.68. The Morgan fingerprint density at radius 2 is 1.54 bits per heavy atom. The van der Waals surface area contributed by atoms with Crippen molar-refractivity contribution in [1.82, 2.24) is 9.80 Å². The molecule has 0 N–H and O–H groups in total. The predicted octanol–water partition coefficient (Wildman–Crippen LogP) is 6.21. The Morgan fingerprint density at radius 3 is 2.24 bits per heavy atom. The molecule has 3 aromatic carbocycles. The maximum atomic E-state index is 7.12. The Kier molecular flexibility index (Phi) is 5.27. The van der Waals surface area contributed by atoms with E-state index in [9.17, 15) is 0 Å². The summed E-state index contributed by atoms with van der Waals surface area (Å²) in [6.07, 6.45) is 8.18. The minimum Gasteiger partial charge on any atom is -0.488 e. The van der Waals surface area contributed by atoms with Gasteiger partial charge in [0.25, 0.3) is 0 Å². The summed E-state index contributed by atoms with van der Waals surface area (Å²) >= 11 is 0. The molecule has 190 valence electrons. The average Bonchev–Trinajstić information content (AvgIpc) is 3.69. The lowest BCUT2D eigenvalue weighted by molar-refractivity contribution is -0.0922. The van der Waals surface area contributed by atoms with Crippen LogP contribution in [-0.4, -0.2) is 41.1 Å². The summed E-state index contributed by atoms with van der Waals surface area (Å²) < 4.78 is 7.12. The maximum absolute atomic E-state index is 7.12. The highest BCUT2D eigenvalue weighted by molar-refractivity contribution is 5.55. The van der Waals surface area contributed by atoms with Gasteiger partial charge in [-0.2, -0.15) is 0 Å². The van der Waals surface area contributed by atoms with Crippen molar-refractivity contribution < 1.29 is 4.74 Å². The van der Waals surface area contributed by atoms with E-state index in [0.717, 1.165) is 24.9 Å². The molecule has 2 aliphatic heterocycles. The van der Waals surface area contributed by atoms with Crippen LogP contribution >= 0.6 is 0 Å². The molecule has 2 saturated carbocycles. The number of hydrogen-bond acceptors (Lipinski definition) is 3. The van der Waals surface area contributed by atoms with Gasteiger partial charge < -0.3 is 4.74 Å². The molecular weight excluding hydrogens is 452 g/mol. The Morgan fingerprint density at radius 1 is 0.811 bits per heavy atom. The average molecular weight is 491 g/mol. The molecule has 0 unspecified atom stereocenters. The van der Waals surface area contributed by atoms with Gasteiger partial charge in [0, 0.05) is 42.7 Å². The first kappa shape index (κ1) is 22.4. The van der Waals surface area contributed by atoms with Gasteiger partial charge in [0.1, 0.15) is 11.9 Å². The molecule has 1 spiro atoms. The van der Waals surface area contributed by atoms with E-state index in [1.54, 1.807) is 11.1 Å². The summed E-state index contributed by atoms with van der Waals surface area (Å²) in [5, 5.41) is 0. The summed E-state index contributed by atoms with van der Waals surface area (Å²) in [5.41, 5.74) is 6.17. The fourth-order valence-corrected chi connectivity index (χ4v) is 8.73.